The van der Waals surface area contributed by atoms with Crippen LogP contribution >= 0.6 is 10.7 Å². The molecule has 0 amide bonds. The summed E-state index contributed by atoms with van der Waals surface area (Å²) in [5.41, 5.74) is -0.0999. The monoisotopic (exact) mass is 194 g/mol. The molecule has 2 rings (SSSR count). The van der Waals surface area contributed by atoms with Crippen LogP contribution in [0.1, 0.15) is 25.7 Å². The minimum absolute atomic E-state index is 0.0999. The average molecular weight is 195 g/mol. The van der Waals surface area contributed by atoms with Crippen molar-refractivity contribution in [3.8, 4) is 0 Å². The minimum atomic E-state index is -1.22. The van der Waals surface area contributed by atoms with E-state index in [0.717, 1.165) is 25.7 Å². The number of ether oxygens (including phenoxy) is 1. The van der Waals surface area contributed by atoms with Gasteiger partial charge in [0, 0.05) is 0 Å². The quantitative estimate of drug-likeness (QED) is 0.625. The van der Waals surface area contributed by atoms with Crippen molar-refractivity contribution < 1.29 is 8.95 Å². The van der Waals surface area contributed by atoms with Crippen LogP contribution < -0.4 is 0 Å². The highest BCUT2D eigenvalue weighted by atomic mass is 35.7. The Morgan fingerprint density at radius 1 is 1.55 bits per heavy atom. The molecular formula is C7H11ClO2S. The Hall–Kier alpha value is 0.400. The van der Waals surface area contributed by atoms with Crippen LogP contribution in [0.3, 0.4) is 0 Å². The molecule has 4 heteroatoms. The molecule has 11 heavy (non-hydrogen) atoms. The van der Waals surface area contributed by atoms with Crippen molar-refractivity contribution in [1.29, 1.82) is 0 Å². The van der Waals surface area contributed by atoms with Crippen LogP contribution in [0.15, 0.2) is 0 Å². The maximum absolute atomic E-state index is 10.8. The maximum atomic E-state index is 10.8. The molecule has 2 heterocycles. The molecule has 0 aromatic heterocycles. The molecule has 0 radical (unpaired) electrons. The van der Waals surface area contributed by atoms with E-state index >= 15 is 0 Å². The van der Waals surface area contributed by atoms with Gasteiger partial charge in [0.2, 0.25) is 0 Å². The standard InChI is InChI=1S/C7H11ClO2S/c8-11(9)5-7-3-1-6(10-7)2-4-7/h6H,1-5H2. The van der Waals surface area contributed by atoms with Crippen molar-refractivity contribution in [1.82, 2.24) is 0 Å². The molecule has 64 valence electrons. The van der Waals surface area contributed by atoms with Crippen LogP contribution in [0.25, 0.3) is 0 Å². The van der Waals surface area contributed by atoms with E-state index in [9.17, 15) is 4.21 Å². The Balaban J connectivity index is 2.05. The normalized spacial score (nSPS) is 44.6. The average Bonchev–Trinajstić information content (AvgIpc) is 2.43. The van der Waals surface area contributed by atoms with Gasteiger partial charge in [0.1, 0.15) is 10.0 Å². The molecular weight excluding hydrogens is 184 g/mol. The number of halogens is 1. The molecule has 2 aliphatic heterocycles. The van der Waals surface area contributed by atoms with E-state index in [-0.39, 0.29) is 5.60 Å². The summed E-state index contributed by atoms with van der Waals surface area (Å²) in [6.45, 7) is 0. The van der Waals surface area contributed by atoms with Gasteiger partial charge in [-0.15, -0.1) is 0 Å². The van der Waals surface area contributed by atoms with Crippen LogP contribution in [0.4, 0.5) is 0 Å². The fourth-order valence-corrected chi connectivity index (χ4v) is 3.46. The van der Waals surface area contributed by atoms with Crippen molar-refractivity contribution >= 4 is 20.7 Å². The maximum Gasteiger partial charge on any atom is 0.117 e. The first-order chi connectivity index (χ1) is 5.20. The summed E-state index contributed by atoms with van der Waals surface area (Å²) in [7, 11) is 4.22. The highest BCUT2D eigenvalue weighted by molar-refractivity contribution is 8.08. The third kappa shape index (κ3) is 1.46. The van der Waals surface area contributed by atoms with Gasteiger partial charge in [-0.25, -0.2) is 4.21 Å². The molecule has 0 aromatic carbocycles. The summed E-state index contributed by atoms with van der Waals surface area (Å²) >= 11 is 0. The summed E-state index contributed by atoms with van der Waals surface area (Å²) < 4.78 is 16.5. The molecule has 0 spiro atoms. The van der Waals surface area contributed by atoms with Gasteiger partial charge in [-0.05, 0) is 36.4 Å². The van der Waals surface area contributed by atoms with Gasteiger partial charge in [0.25, 0.3) is 0 Å². The van der Waals surface area contributed by atoms with Crippen LogP contribution in [-0.4, -0.2) is 21.7 Å². The second-order valence-corrected chi connectivity index (χ2v) is 5.34. The predicted molar refractivity (Wildman–Crippen MR) is 44.9 cm³/mol. The first-order valence-electron chi connectivity index (χ1n) is 3.93. The molecule has 2 bridgehead atoms. The van der Waals surface area contributed by atoms with E-state index < -0.39 is 10.0 Å². The summed E-state index contributed by atoms with van der Waals surface area (Å²) in [5, 5.41) is 0. The van der Waals surface area contributed by atoms with Gasteiger partial charge in [0.15, 0.2) is 0 Å². The number of hydrogen-bond acceptors (Lipinski definition) is 2. The summed E-state index contributed by atoms with van der Waals surface area (Å²) in [5.74, 6) is 0.519. The lowest BCUT2D eigenvalue weighted by molar-refractivity contribution is 0.0317. The van der Waals surface area contributed by atoms with Crippen molar-refractivity contribution in [2.75, 3.05) is 5.75 Å². The molecule has 1 atom stereocenters. The van der Waals surface area contributed by atoms with E-state index in [1.807, 2.05) is 0 Å². The van der Waals surface area contributed by atoms with Crippen LogP contribution in [0, 0.1) is 0 Å². The van der Waals surface area contributed by atoms with Gasteiger partial charge in [-0.2, -0.15) is 0 Å². The van der Waals surface area contributed by atoms with Crippen LogP contribution in [0.5, 0.6) is 0 Å². The molecule has 0 aromatic rings. The minimum Gasteiger partial charge on any atom is -0.371 e. The lowest BCUT2D eigenvalue weighted by Gasteiger charge is -2.21. The Labute approximate surface area is 73.2 Å². The molecule has 1 unspecified atom stereocenters. The van der Waals surface area contributed by atoms with Gasteiger partial charge in [-0.3, -0.25) is 0 Å². The second kappa shape index (κ2) is 2.71. The SMILES string of the molecule is O=S(Cl)CC12CCC(CC1)O2. The fourth-order valence-electron chi connectivity index (χ4n) is 2.09. The van der Waals surface area contributed by atoms with E-state index in [2.05, 4.69) is 0 Å². The van der Waals surface area contributed by atoms with Crippen LogP contribution in [-0.2, 0) is 14.7 Å². The zero-order valence-corrected chi connectivity index (χ0v) is 7.79. The van der Waals surface area contributed by atoms with Crippen molar-refractivity contribution in [3.05, 3.63) is 0 Å². The predicted octanol–water partition coefficient (Wildman–Crippen LogP) is 1.60. The van der Waals surface area contributed by atoms with Gasteiger partial charge < -0.3 is 4.74 Å². The Bertz CT molecular complexity index is 187. The second-order valence-electron chi connectivity index (χ2n) is 3.43. The molecule has 2 saturated heterocycles. The highest BCUT2D eigenvalue weighted by Crippen LogP contribution is 2.44. The zero-order chi connectivity index (χ0) is 7.90. The van der Waals surface area contributed by atoms with Gasteiger partial charge >= 0.3 is 0 Å². The third-order valence-electron chi connectivity index (χ3n) is 2.64. The third-order valence-corrected chi connectivity index (χ3v) is 3.72. The number of fused-ring (bicyclic) bond motifs is 2. The van der Waals surface area contributed by atoms with E-state index in [0.29, 0.717) is 11.9 Å². The molecule has 0 N–H and O–H groups in total. The lowest BCUT2D eigenvalue weighted by atomic mass is 9.90. The Morgan fingerprint density at radius 3 is 2.55 bits per heavy atom. The van der Waals surface area contributed by atoms with Crippen molar-refractivity contribution in [2.45, 2.75) is 37.4 Å². The van der Waals surface area contributed by atoms with Crippen LogP contribution in [0.2, 0.25) is 0 Å². The first kappa shape index (κ1) is 8.02. The summed E-state index contributed by atoms with van der Waals surface area (Å²) in [4.78, 5) is 0. The zero-order valence-electron chi connectivity index (χ0n) is 6.22. The lowest BCUT2D eigenvalue weighted by Crippen LogP contribution is -2.30. The summed E-state index contributed by atoms with van der Waals surface area (Å²) in [6.07, 6.45) is 4.81. The van der Waals surface area contributed by atoms with Crippen molar-refractivity contribution in [3.63, 3.8) is 0 Å². The molecule has 2 nitrogen and oxygen atoms in total. The molecule has 0 aliphatic carbocycles. The van der Waals surface area contributed by atoms with Gasteiger partial charge in [0.05, 0.1) is 17.5 Å². The first-order valence-corrected chi connectivity index (χ1v) is 6.07. The van der Waals surface area contributed by atoms with Crippen molar-refractivity contribution in [2.24, 2.45) is 0 Å². The Kier molecular flexibility index (Phi) is 1.98. The largest absolute Gasteiger partial charge is 0.371 e. The molecule has 2 fully saturated rings. The van der Waals surface area contributed by atoms with E-state index in [1.54, 1.807) is 0 Å². The van der Waals surface area contributed by atoms with E-state index in [4.69, 9.17) is 15.4 Å². The number of hydrogen-bond donors (Lipinski definition) is 0. The summed E-state index contributed by atoms with van der Waals surface area (Å²) in [6, 6.07) is 0. The smallest absolute Gasteiger partial charge is 0.117 e. The topological polar surface area (TPSA) is 26.3 Å². The highest BCUT2D eigenvalue weighted by Gasteiger charge is 2.46. The molecule has 2 aliphatic rings. The fraction of sp³-hybridized carbons (Fsp3) is 1.00. The Morgan fingerprint density at radius 2 is 2.18 bits per heavy atom. The molecule has 0 saturated carbocycles. The van der Waals surface area contributed by atoms with Gasteiger partial charge in [-0.1, -0.05) is 0 Å². The van der Waals surface area contributed by atoms with E-state index in [1.165, 1.54) is 0 Å². The number of rotatable bonds is 2.